The van der Waals surface area contributed by atoms with Gasteiger partial charge in [0.15, 0.2) is 0 Å². The largest absolute Gasteiger partial charge is 0.392 e. The van der Waals surface area contributed by atoms with E-state index in [1.807, 2.05) is 21.7 Å². The summed E-state index contributed by atoms with van der Waals surface area (Å²) in [6, 6.07) is 8.12. The molecule has 1 aromatic carbocycles. The lowest BCUT2D eigenvalue weighted by Crippen LogP contribution is -2.48. The molecule has 2 atom stereocenters. The summed E-state index contributed by atoms with van der Waals surface area (Å²) in [7, 11) is 1.57. The van der Waals surface area contributed by atoms with Gasteiger partial charge < -0.3 is 24.5 Å². The molecule has 0 amide bonds. The maximum absolute atomic E-state index is 14.1. The van der Waals surface area contributed by atoms with Gasteiger partial charge in [0.25, 0.3) is 0 Å². The van der Waals surface area contributed by atoms with E-state index in [1.54, 1.807) is 13.2 Å². The summed E-state index contributed by atoms with van der Waals surface area (Å²) >= 11 is 6.49. The second kappa shape index (κ2) is 11.8. The normalized spacial score (nSPS) is 17.3. The number of nitrogens with one attached hydrogen (secondary N) is 1. The molecule has 210 valence electrons. The molecule has 1 unspecified atom stereocenters. The first-order valence-electron chi connectivity index (χ1n) is 12.4. The molecule has 3 aromatic heterocycles. The van der Waals surface area contributed by atoms with Crippen molar-refractivity contribution >= 4 is 29.5 Å². The molecule has 13 heteroatoms. The first-order valence-corrected chi connectivity index (χ1v) is 12.7. The van der Waals surface area contributed by atoms with Crippen LogP contribution in [0.25, 0.3) is 11.1 Å². The Bertz CT molecular complexity index is 1510. The van der Waals surface area contributed by atoms with Crippen molar-refractivity contribution in [3.63, 3.8) is 0 Å². The topological polar surface area (TPSA) is 97.4 Å². The molecule has 0 saturated heterocycles. The van der Waals surface area contributed by atoms with E-state index in [9.17, 15) is 23.1 Å². The fourth-order valence-corrected chi connectivity index (χ4v) is 5.26. The van der Waals surface area contributed by atoms with Crippen molar-refractivity contribution < 1.29 is 27.8 Å². The maximum atomic E-state index is 14.1. The molecule has 1 aliphatic rings. The molecule has 0 aliphatic carbocycles. The molecule has 9 nitrogen and oxygen atoms in total. The van der Waals surface area contributed by atoms with Gasteiger partial charge in [-0.3, -0.25) is 4.90 Å². The number of aliphatic hydroxyl groups excluding tert-OH is 1. The fourth-order valence-electron chi connectivity index (χ4n) is 5.05. The van der Waals surface area contributed by atoms with Gasteiger partial charge in [-0.05, 0) is 35.4 Å². The SMILES string of the molecule is COC[C@H]1Cn2cc(-c3cc(Nc4ccnn4C(F)F)ncc3Cl)cc2C(C=O)N1Cc1cc(F)ccc1CO. The van der Waals surface area contributed by atoms with Crippen LogP contribution >= 0.6 is 11.6 Å². The van der Waals surface area contributed by atoms with Gasteiger partial charge in [0.05, 0.1) is 30.5 Å². The van der Waals surface area contributed by atoms with Crippen LogP contribution in [0.3, 0.4) is 0 Å². The number of rotatable bonds is 10. The molecule has 0 spiro atoms. The zero-order valence-corrected chi connectivity index (χ0v) is 22.1. The number of aliphatic hydroxyl groups is 1. The monoisotopic (exact) mass is 574 g/mol. The average Bonchev–Trinajstić information content (AvgIpc) is 3.57. The summed E-state index contributed by atoms with van der Waals surface area (Å²) in [5, 5.41) is 16.6. The van der Waals surface area contributed by atoms with Crippen LogP contribution < -0.4 is 5.32 Å². The van der Waals surface area contributed by atoms with Gasteiger partial charge >= 0.3 is 6.55 Å². The lowest BCUT2D eigenvalue weighted by atomic mass is 10.0. The number of carbonyl (C=O) groups excluding carboxylic acids is 1. The number of pyridine rings is 1. The Hall–Kier alpha value is -3.71. The highest BCUT2D eigenvalue weighted by Gasteiger charge is 2.35. The summed E-state index contributed by atoms with van der Waals surface area (Å²) < 4.78 is 48.5. The van der Waals surface area contributed by atoms with Crippen molar-refractivity contribution in [2.75, 3.05) is 19.0 Å². The highest BCUT2D eigenvalue weighted by Crippen LogP contribution is 2.37. The molecule has 5 rings (SSSR count). The van der Waals surface area contributed by atoms with E-state index in [1.165, 1.54) is 36.7 Å². The van der Waals surface area contributed by atoms with E-state index in [4.69, 9.17) is 16.3 Å². The van der Waals surface area contributed by atoms with Gasteiger partial charge in [-0.15, -0.1) is 0 Å². The van der Waals surface area contributed by atoms with E-state index in [2.05, 4.69) is 15.4 Å². The molecule has 0 radical (unpaired) electrons. The van der Waals surface area contributed by atoms with Gasteiger partial charge in [0.2, 0.25) is 0 Å². The molecule has 4 aromatic rings. The van der Waals surface area contributed by atoms with Crippen LogP contribution in [0.15, 0.2) is 55.0 Å². The molecule has 1 aliphatic heterocycles. The number of methoxy groups -OCH3 is 1. The van der Waals surface area contributed by atoms with Gasteiger partial charge in [0.1, 0.15) is 29.8 Å². The number of carbonyl (C=O) groups is 1. The van der Waals surface area contributed by atoms with Gasteiger partial charge in [-0.2, -0.15) is 18.6 Å². The number of nitrogens with zero attached hydrogens (tertiary/aromatic N) is 5. The van der Waals surface area contributed by atoms with Crippen molar-refractivity contribution in [2.24, 2.45) is 0 Å². The van der Waals surface area contributed by atoms with Crippen molar-refractivity contribution in [1.82, 2.24) is 24.2 Å². The van der Waals surface area contributed by atoms with Crippen LogP contribution in [-0.4, -0.2) is 55.4 Å². The third-order valence-corrected chi connectivity index (χ3v) is 7.23. The Morgan fingerprint density at radius 1 is 1.25 bits per heavy atom. The van der Waals surface area contributed by atoms with E-state index < -0.39 is 18.4 Å². The standard InChI is InChI=1S/C27H26ClF3N6O3/c1-40-15-20-12-35-10-18(21-8-25(32-9-22(21)28)34-26-4-5-33-37(26)27(30)31)7-23(35)24(14-39)36(20)11-17-6-19(29)3-2-16(17)13-38/h2-10,14,20,24,27,38H,11-13,15H2,1H3,(H,32,34)/t20-,24?/m1/s1. The number of benzene rings is 1. The minimum atomic E-state index is -2.83. The number of anilines is 2. The minimum absolute atomic E-state index is 0.0608. The Kier molecular flexibility index (Phi) is 8.22. The first kappa shape index (κ1) is 27.8. The minimum Gasteiger partial charge on any atom is -0.392 e. The molecular weight excluding hydrogens is 549 g/mol. The molecule has 0 fully saturated rings. The van der Waals surface area contributed by atoms with Crippen LogP contribution in [0, 0.1) is 5.82 Å². The summed E-state index contributed by atoms with van der Waals surface area (Å²) in [5.41, 5.74) is 3.11. The number of halogens is 4. The lowest BCUT2D eigenvalue weighted by Gasteiger charge is -2.40. The van der Waals surface area contributed by atoms with Crippen molar-refractivity contribution in [3.05, 3.63) is 82.6 Å². The second-order valence-electron chi connectivity index (χ2n) is 9.35. The van der Waals surface area contributed by atoms with Crippen LogP contribution in [0.5, 0.6) is 0 Å². The van der Waals surface area contributed by atoms with Gasteiger partial charge in [-0.25, -0.2) is 9.37 Å². The van der Waals surface area contributed by atoms with Gasteiger partial charge in [0, 0.05) is 55.5 Å². The average molecular weight is 575 g/mol. The van der Waals surface area contributed by atoms with Crippen LogP contribution in [0.1, 0.15) is 29.4 Å². The maximum Gasteiger partial charge on any atom is 0.335 e. The number of hydrogen-bond acceptors (Lipinski definition) is 7. The number of fused-ring (bicyclic) bond motifs is 1. The predicted molar refractivity (Wildman–Crippen MR) is 142 cm³/mol. The van der Waals surface area contributed by atoms with Crippen molar-refractivity contribution in [2.45, 2.75) is 38.3 Å². The second-order valence-corrected chi connectivity index (χ2v) is 9.76. The Balaban J connectivity index is 1.49. The molecular formula is C27H26ClF3N6O3. The molecule has 2 N–H and O–H groups in total. The highest BCUT2D eigenvalue weighted by molar-refractivity contribution is 6.33. The fraction of sp³-hybridized carbons (Fsp3) is 0.296. The quantitative estimate of drug-likeness (QED) is 0.259. The highest BCUT2D eigenvalue weighted by atomic mass is 35.5. The Labute approximate surface area is 232 Å². The summed E-state index contributed by atoms with van der Waals surface area (Å²) in [6.07, 6.45) is 5.35. The van der Waals surface area contributed by atoms with Crippen LogP contribution in [-0.2, 0) is 29.2 Å². The third-order valence-electron chi connectivity index (χ3n) is 6.92. The Morgan fingerprint density at radius 3 is 2.80 bits per heavy atom. The summed E-state index contributed by atoms with van der Waals surface area (Å²) in [5.74, 6) is -0.0980. The Morgan fingerprint density at radius 2 is 2.08 bits per heavy atom. The van der Waals surface area contributed by atoms with E-state index in [-0.39, 0.29) is 30.8 Å². The first-order chi connectivity index (χ1) is 19.3. The van der Waals surface area contributed by atoms with Crippen molar-refractivity contribution in [1.29, 1.82) is 0 Å². The van der Waals surface area contributed by atoms with Crippen LogP contribution in [0.2, 0.25) is 5.02 Å². The summed E-state index contributed by atoms with van der Waals surface area (Å²) in [4.78, 5) is 18.6. The number of alkyl halides is 2. The number of aromatic nitrogens is 4. The molecule has 4 heterocycles. The zero-order valence-electron chi connectivity index (χ0n) is 21.3. The molecule has 0 saturated carbocycles. The molecule has 0 bridgehead atoms. The number of aldehydes is 1. The van der Waals surface area contributed by atoms with E-state index >= 15 is 0 Å². The number of ether oxygens (including phenoxy) is 1. The lowest BCUT2D eigenvalue weighted by molar-refractivity contribution is -0.115. The predicted octanol–water partition coefficient (Wildman–Crippen LogP) is 4.94. The molecule has 40 heavy (non-hydrogen) atoms. The summed E-state index contributed by atoms with van der Waals surface area (Å²) in [6.45, 7) is -2.10. The van der Waals surface area contributed by atoms with Crippen LogP contribution in [0.4, 0.5) is 24.8 Å². The van der Waals surface area contributed by atoms with E-state index in [0.29, 0.717) is 50.8 Å². The smallest absolute Gasteiger partial charge is 0.335 e. The van der Waals surface area contributed by atoms with Gasteiger partial charge in [-0.1, -0.05) is 17.7 Å². The zero-order chi connectivity index (χ0) is 28.4. The van der Waals surface area contributed by atoms with Crippen molar-refractivity contribution in [3.8, 4) is 11.1 Å². The number of hydrogen-bond donors (Lipinski definition) is 2. The third kappa shape index (κ3) is 5.48. The van der Waals surface area contributed by atoms with E-state index in [0.717, 1.165) is 6.29 Å².